The molecule has 2 fully saturated rings. The van der Waals surface area contributed by atoms with Crippen molar-refractivity contribution in [3.8, 4) is 11.5 Å². The van der Waals surface area contributed by atoms with E-state index in [0.29, 0.717) is 39.7 Å². The van der Waals surface area contributed by atoms with Crippen LogP contribution in [0.2, 0.25) is 0 Å². The van der Waals surface area contributed by atoms with Crippen molar-refractivity contribution >= 4 is 46.2 Å². The van der Waals surface area contributed by atoms with Crippen molar-refractivity contribution < 1.29 is 19.1 Å². The average Bonchev–Trinajstić information content (AvgIpc) is 3.36. The van der Waals surface area contributed by atoms with Crippen molar-refractivity contribution in [2.75, 3.05) is 20.8 Å². The maximum absolute atomic E-state index is 12.8. The van der Waals surface area contributed by atoms with Crippen LogP contribution in [0, 0.1) is 0 Å². The third-order valence-electron chi connectivity index (χ3n) is 5.58. The van der Waals surface area contributed by atoms with Crippen LogP contribution in [-0.4, -0.2) is 47.8 Å². The van der Waals surface area contributed by atoms with Gasteiger partial charge in [0.2, 0.25) is 5.91 Å². The van der Waals surface area contributed by atoms with Crippen LogP contribution >= 0.6 is 24.0 Å². The third-order valence-corrected chi connectivity index (χ3v) is 6.96. The molecule has 0 spiro atoms. The molecule has 1 saturated carbocycles. The molecular weight excluding hydrogens is 432 g/mol. The molecule has 1 N–H and O–H groups in total. The van der Waals surface area contributed by atoms with Crippen LogP contribution in [0.3, 0.4) is 0 Å². The Bertz CT molecular complexity index is 850. The summed E-state index contributed by atoms with van der Waals surface area (Å²) < 4.78 is 11.2. The summed E-state index contributed by atoms with van der Waals surface area (Å²) in [6.45, 7) is 0.582. The molecule has 2 amide bonds. The number of nitrogens with zero attached hydrogens (tertiary/aromatic N) is 1. The fourth-order valence-electron chi connectivity index (χ4n) is 3.89. The van der Waals surface area contributed by atoms with Crippen molar-refractivity contribution in [1.29, 1.82) is 0 Å². The van der Waals surface area contributed by atoms with Crippen molar-refractivity contribution in [1.82, 2.24) is 10.2 Å². The number of unbranched alkanes of at least 4 members (excludes halogenated alkanes) is 2. The Labute approximate surface area is 193 Å². The van der Waals surface area contributed by atoms with Crippen LogP contribution < -0.4 is 14.8 Å². The van der Waals surface area contributed by atoms with Gasteiger partial charge in [-0.1, -0.05) is 49.3 Å². The zero-order valence-electron chi connectivity index (χ0n) is 18.1. The highest BCUT2D eigenvalue weighted by Crippen LogP contribution is 2.34. The van der Waals surface area contributed by atoms with E-state index >= 15 is 0 Å². The standard InChI is InChI=1S/C23H30N2O4S2/c1-28-18-12-11-16(14-19(18)29-2)15-20-22(27)25(23(30)31-20)13-7-3-4-10-21(26)24-17-8-5-6-9-17/h11-12,14-15,17H,3-10,13H2,1-2H3,(H,24,26)/b20-15-. The van der Waals surface area contributed by atoms with E-state index in [2.05, 4.69) is 5.32 Å². The first-order valence-electron chi connectivity index (χ1n) is 10.8. The van der Waals surface area contributed by atoms with Gasteiger partial charge in [-0.3, -0.25) is 14.5 Å². The van der Waals surface area contributed by atoms with Gasteiger partial charge < -0.3 is 14.8 Å². The number of nitrogens with one attached hydrogen (secondary N) is 1. The van der Waals surface area contributed by atoms with Gasteiger partial charge in [0, 0.05) is 19.0 Å². The number of carbonyl (C=O) groups excluding carboxylic acids is 2. The smallest absolute Gasteiger partial charge is 0.266 e. The van der Waals surface area contributed by atoms with E-state index in [9.17, 15) is 9.59 Å². The van der Waals surface area contributed by atoms with Crippen LogP contribution in [0.25, 0.3) is 6.08 Å². The summed E-state index contributed by atoms with van der Waals surface area (Å²) in [5.41, 5.74) is 0.853. The van der Waals surface area contributed by atoms with Crippen molar-refractivity contribution in [3.05, 3.63) is 28.7 Å². The number of amides is 2. The van der Waals surface area contributed by atoms with E-state index in [-0.39, 0.29) is 11.8 Å². The van der Waals surface area contributed by atoms with Gasteiger partial charge in [-0.25, -0.2) is 0 Å². The number of rotatable bonds is 10. The quantitative estimate of drug-likeness (QED) is 0.313. The third kappa shape index (κ3) is 6.46. The molecule has 3 rings (SSSR count). The molecule has 0 unspecified atom stereocenters. The van der Waals surface area contributed by atoms with Gasteiger partial charge in [0.25, 0.3) is 5.91 Å². The maximum atomic E-state index is 12.8. The molecule has 6 nitrogen and oxygen atoms in total. The zero-order chi connectivity index (χ0) is 22.2. The van der Waals surface area contributed by atoms with Crippen LogP contribution in [0.4, 0.5) is 0 Å². The number of carbonyl (C=O) groups is 2. The minimum Gasteiger partial charge on any atom is -0.493 e. The molecule has 8 heteroatoms. The zero-order valence-corrected chi connectivity index (χ0v) is 19.8. The summed E-state index contributed by atoms with van der Waals surface area (Å²) in [7, 11) is 3.17. The fourth-order valence-corrected chi connectivity index (χ4v) is 5.20. The number of thioether (sulfide) groups is 1. The fraction of sp³-hybridized carbons (Fsp3) is 0.522. The Morgan fingerprint density at radius 2 is 1.94 bits per heavy atom. The second kappa shape index (κ2) is 11.5. The molecule has 1 heterocycles. The Morgan fingerprint density at radius 1 is 1.19 bits per heavy atom. The minimum atomic E-state index is -0.0660. The topological polar surface area (TPSA) is 67.9 Å². The molecule has 168 valence electrons. The van der Waals surface area contributed by atoms with Gasteiger partial charge in [-0.15, -0.1) is 0 Å². The first-order valence-corrected chi connectivity index (χ1v) is 12.0. The number of hydrogen-bond donors (Lipinski definition) is 1. The van der Waals surface area contributed by atoms with Crippen LogP contribution in [0.1, 0.15) is 56.9 Å². The number of ether oxygens (including phenoxy) is 2. The lowest BCUT2D eigenvalue weighted by molar-refractivity contribution is -0.123. The van der Waals surface area contributed by atoms with Crippen LogP contribution in [-0.2, 0) is 9.59 Å². The molecule has 1 aliphatic heterocycles. The summed E-state index contributed by atoms with van der Waals surface area (Å²) >= 11 is 6.74. The molecule has 0 atom stereocenters. The summed E-state index contributed by atoms with van der Waals surface area (Å²) in [5.74, 6) is 1.34. The normalized spacial score (nSPS) is 18.1. The van der Waals surface area contributed by atoms with Gasteiger partial charge in [-0.2, -0.15) is 0 Å². The lowest BCUT2D eigenvalue weighted by Crippen LogP contribution is -2.32. The first-order chi connectivity index (χ1) is 15.0. The SMILES string of the molecule is COc1ccc(/C=C2\SC(=S)N(CCCCCC(=O)NC3CCCC3)C2=O)cc1OC. The van der Waals surface area contributed by atoms with Crippen LogP contribution in [0.5, 0.6) is 11.5 Å². The largest absolute Gasteiger partial charge is 0.493 e. The van der Waals surface area contributed by atoms with Gasteiger partial charge in [-0.05, 0) is 49.5 Å². The number of methoxy groups -OCH3 is 2. The van der Waals surface area contributed by atoms with E-state index in [1.54, 1.807) is 19.1 Å². The van der Waals surface area contributed by atoms with Crippen molar-refractivity contribution in [2.24, 2.45) is 0 Å². The summed E-state index contributed by atoms with van der Waals surface area (Å²) in [6.07, 6.45) is 9.58. The van der Waals surface area contributed by atoms with E-state index in [0.717, 1.165) is 37.7 Å². The van der Waals surface area contributed by atoms with E-state index in [1.807, 2.05) is 24.3 Å². The molecule has 31 heavy (non-hydrogen) atoms. The Balaban J connectivity index is 1.45. The van der Waals surface area contributed by atoms with E-state index < -0.39 is 0 Å². The molecule has 0 aromatic heterocycles. The summed E-state index contributed by atoms with van der Waals surface area (Å²) in [6, 6.07) is 5.90. The van der Waals surface area contributed by atoms with Gasteiger partial charge in [0.15, 0.2) is 11.5 Å². The lowest BCUT2D eigenvalue weighted by atomic mass is 10.1. The van der Waals surface area contributed by atoms with E-state index in [1.165, 1.54) is 24.6 Å². The molecule has 0 bridgehead atoms. The molecular formula is C23H30N2O4S2. The predicted molar refractivity (Wildman–Crippen MR) is 128 cm³/mol. The Hall–Kier alpha value is -2.06. The number of thiocarbonyl (C=S) groups is 1. The number of benzene rings is 1. The van der Waals surface area contributed by atoms with Gasteiger partial charge >= 0.3 is 0 Å². The predicted octanol–water partition coefficient (Wildman–Crippen LogP) is 4.52. The van der Waals surface area contributed by atoms with Crippen LogP contribution in [0.15, 0.2) is 23.1 Å². The Kier molecular flexibility index (Phi) is 8.78. The monoisotopic (exact) mass is 462 g/mol. The highest BCUT2D eigenvalue weighted by molar-refractivity contribution is 8.26. The second-order valence-corrected chi connectivity index (χ2v) is 9.48. The summed E-state index contributed by atoms with van der Waals surface area (Å²) in [5, 5.41) is 3.12. The number of hydrogen-bond acceptors (Lipinski definition) is 6. The lowest BCUT2D eigenvalue weighted by Gasteiger charge is -2.14. The molecule has 0 radical (unpaired) electrons. The highest BCUT2D eigenvalue weighted by Gasteiger charge is 2.31. The van der Waals surface area contributed by atoms with Crippen molar-refractivity contribution in [3.63, 3.8) is 0 Å². The first kappa shape index (κ1) is 23.6. The molecule has 1 aromatic carbocycles. The maximum Gasteiger partial charge on any atom is 0.266 e. The highest BCUT2D eigenvalue weighted by atomic mass is 32.2. The molecule has 2 aliphatic rings. The molecule has 1 aliphatic carbocycles. The molecule has 1 aromatic rings. The van der Waals surface area contributed by atoms with Crippen molar-refractivity contribution in [2.45, 2.75) is 57.4 Å². The average molecular weight is 463 g/mol. The van der Waals surface area contributed by atoms with Gasteiger partial charge in [0.05, 0.1) is 19.1 Å². The summed E-state index contributed by atoms with van der Waals surface area (Å²) in [4.78, 5) is 27.1. The molecule has 1 saturated heterocycles. The van der Waals surface area contributed by atoms with E-state index in [4.69, 9.17) is 21.7 Å². The van der Waals surface area contributed by atoms with Gasteiger partial charge in [0.1, 0.15) is 4.32 Å². The minimum absolute atomic E-state index is 0.0660. The Morgan fingerprint density at radius 3 is 2.65 bits per heavy atom. The second-order valence-electron chi connectivity index (χ2n) is 7.81.